The first-order valence-corrected chi connectivity index (χ1v) is 11.3. The summed E-state index contributed by atoms with van der Waals surface area (Å²) in [5.41, 5.74) is -0.147. The molecule has 1 aromatic heterocycles. The van der Waals surface area contributed by atoms with E-state index in [2.05, 4.69) is 19.2 Å². The van der Waals surface area contributed by atoms with E-state index < -0.39 is 28.9 Å². The van der Waals surface area contributed by atoms with Crippen LogP contribution in [0.5, 0.6) is 5.75 Å². The van der Waals surface area contributed by atoms with Gasteiger partial charge in [0.2, 0.25) is 0 Å². The van der Waals surface area contributed by atoms with Gasteiger partial charge in [-0.2, -0.15) is 0 Å². The lowest BCUT2D eigenvalue weighted by molar-refractivity contribution is 0.415. The highest BCUT2D eigenvalue weighted by Crippen LogP contribution is 2.24. The average molecular weight is 472 g/mol. The lowest BCUT2D eigenvalue weighted by Gasteiger charge is -2.22. The molecule has 34 heavy (non-hydrogen) atoms. The minimum absolute atomic E-state index is 0.236. The Hall–Kier alpha value is -3.26. The van der Waals surface area contributed by atoms with E-state index in [9.17, 15) is 18.4 Å². The summed E-state index contributed by atoms with van der Waals surface area (Å²) in [7, 11) is 1.52. The van der Waals surface area contributed by atoms with Gasteiger partial charge in [0, 0.05) is 17.8 Å². The maximum absolute atomic E-state index is 14.5. The van der Waals surface area contributed by atoms with Gasteiger partial charge in [-0.1, -0.05) is 32.0 Å². The summed E-state index contributed by atoms with van der Waals surface area (Å²) >= 11 is 0. The third-order valence-corrected chi connectivity index (χ3v) is 5.81. The number of aromatic nitrogens is 2. The number of hydrogen-bond acceptors (Lipinski definition) is 4. The summed E-state index contributed by atoms with van der Waals surface area (Å²) in [6.45, 7) is 8.28. The van der Waals surface area contributed by atoms with Crippen molar-refractivity contribution in [2.75, 3.05) is 20.2 Å². The predicted octanol–water partition coefficient (Wildman–Crippen LogP) is 4.13. The summed E-state index contributed by atoms with van der Waals surface area (Å²) in [6.07, 6.45) is 0. The van der Waals surface area contributed by atoms with Crippen LogP contribution in [-0.4, -0.2) is 29.3 Å². The van der Waals surface area contributed by atoms with Crippen LogP contribution in [-0.2, 0) is 6.54 Å². The summed E-state index contributed by atoms with van der Waals surface area (Å²) in [6, 6.07) is 10.0. The topological polar surface area (TPSA) is 65.3 Å². The number of nitrogens with one attached hydrogen (secondary N) is 1. The molecule has 0 bridgehead atoms. The Morgan fingerprint density at radius 2 is 1.65 bits per heavy atom. The van der Waals surface area contributed by atoms with Gasteiger partial charge < -0.3 is 10.1 Å². The first-order chi connectivity index (χ1) is 16.1. The van der Waals surface area contributed by atoms with Crippen LogP contribution >= 0.6 is 0 Å². The van der Waals surface area contributed by atoms with Crippen molar-refractivity contribution in [1.82, 2.24) is 14.5 Å². The molecular weight excluding hydrogens is 440 g/mol. The first kappa shape index (κ1) is 25.4. The quantitative estimate of drug-likeness (QED) is 0.510. The Bertz CT molecular complexity index is 1260. The molecule has 0 aliphatic heterocycles. The molecule has 1 atom stereocenters. The van der Waals surface area contributed by atoms with Crippen LogP contribution in [0.4, 0.5) is 8.78 Å². The summed E-state index contributed by atoms with van der Waals surface area (Å²) < 4.78 is 36.6. The maximum atomic E-state index is 14.5. The molecule has 2 aromatic carbocycles. The van der Waals surface area contributed by atoms with Crippen LogP contribution in [0.15, 0.2) is 52.1 Å². The van der Waals surface area contributed by atoms with Crippen molar-refractivity contribution in [2.24, 2.45) is 5.92 Å². The van der Waals surface area contributed by atoms with E-state index in [1.807, 2.05) is 0 Å². The molecule has 0 spiro atoms. The van der Waals surface area contributed by atoms with E-state index in [1.54, 1.807) is 38.1 Å². The predicted molar refractivity (Wildman–Crippen MR) is 130 cm³/mol. The number of halogens is 2. The molecule has 0 amide bonds. The lowest BCUT2D eigenvalue weighted by Crippen LogP contribution is -2.46. The van der Waals surface area contributed by atoms with Crippen LogP contribution in [0.2, 0.25) is 0 Å². The van der Waals surface area contributed by atoms with Gasteiger partial charge in [0.05, 0.1) is 25.3 Å². The van der Waals surface area contributed by atoms with Crippen molar-refractivity contribution < 1.29 is 13.5 Å². The van der Waals surface area contributed by atoms with E-state index in [1.165, 1.54) is 17.7 Å². The van der Waals surface area contributed by atoms with Crippen LogP contribution in [0.25, 0.3) is 11.1 Å². The summed E-state index contributed by atoms with van der Waals surface area (Å²) in [5.74, 6) is -0.556. The van der Waals surface area contributed by atoms with Gasteiger partial charge in [0.1, 0.15) is 17.4 Å². The normalized spacial score (nSPS) is 12.2. The Balaban J connectivity index is 2.24. The standard InChI is InChI=1S/C26H31F2N3O3/c1-16(2)13-29-14-17(3)31-25(32)24(19-8-6-9-20(12-19)34-5)18(4)30(26(31)33)15-21-22(27)10-7-11-23(21)28/h6-12,16-17,29H,13-15H2,1-5H3/t17-/m1/s1. The molecule has 0 saturated heterocycles. The molecule has 0 fully saturated rings. The number of benzene rings is 2. The van der Waals surface area contributed by atoms with E-state index in [4.69, 9.17) is 4.74 Å². The maximum Gasteiger partial charge on any atom is 0.331 e. The molecule has 0 aliphatic carbocycles. The van der Waals surface area contributed by atoms with Gasteiger partial charge in [-0.25, -0.2) is 13.6 Å². The largest absolute Gasteiger partial charge is 0.497 e. The molecule has 3 aromatic rings. The number of methoxy groups -OCH3 is 1. The van der Waals surface area contributed by atoms with E-state index in [0.29, 0.717) is 29.5 Å². The second-order valence-electron chi connectivity index (χ2n) is 8.84. The molecule has 0 unspecified atom stereocenters. The monoisotopic (exact) mass is 471 g/mol. The summed E-state index contributed by atoms with van der Waals surface area (Å²) in [5, 5.41) is 3.27. The van der Waals surface area contributed by atoms with Crippen molar-refractivity contribution in [3.05, 3.63) is 86.2 Å². The Morgan fingerprint density at radius 3 is 2.26 bits per heavy atom. The molecule has 0 saturated carbocycles. The number of nitrogens with zero attached hydrogens (tertiary/aromatic N) is 2. The molecular formula is C26H31F2N3O3. The van der Waals surface area contributed by atoms with Crippen molar-refractivity contribution >= 4 is 0 Å². The minimum Gasteiger partial charge on any atom is -0.497 e. The van der Waals surface area contributed by atoms with Crippen LogP contribution in [0.3, 0.4) is 0 Å². The van der Waals surface area contributed by atoms with E-state index >= 15 is 0 Å². The van der Waals surface area contributed by atoms with Gasteiger partial charge in [-0.3, -0.25) is 13.9 Å². The third-order valence-electron chi connectivity index (χ3n) is 5.81. The van der Waals surface area contributed by atoms with Crippen molar-refractivity contribution in [2.45, 2.75) is 40.3 Å². The molecule has 0 radical (unpaired) electrons. The van der Waals surface area contributed by atoms with Gasteiger partial charge in [-0.15, -0.1) is 0 Å². The first-order valence-electron chi connectivity index (χ1n) is 11.3. The minimum atomic E-state index is -0.751. The van der Waals surface area contributed by atoms with Crippen LogP contribution < -0.4 is 21.3 Å². The zero-order valence-corrected chi connectivity index (χ0v) is 20.2. The van der Waals surface area contributed by atoms with Crippen molar-refractivity contribution in [3.63, 3.8) is 0 Å². The smallest absolute Gasteiger partial charge is 0.331 e. The van der Waals surface area contributed by atoms with Crippen LogP contribution in [0, 0.1) is 24.5 Å². The number of rotatable bonds is 9. The van der Waals surface area contributed by atoms with Gasteiger partial charge >= 0.3 is 5.69 Å². The fraction of sp³-hybridized carbons (Fsp3) is 0.385. The molecule has 0 aliphatic rings. The van der Waals surface area contributed by atoms with E-state index in [-0.39, 0.29) is 17.7 Å². The highest BCUT2D eigenvalue weighted by molar-refractivity contribution is 5.66. The Labute approximate surface area is 197 Å². The molecule has 8 heteroatoms. The zero-order valence-electron chi connectivity index (χ0n) is 20.2. The van der Waals surface area contributed by atoms with Gasteiger partial charge in [0.15, 0.2) is 0 Å². The molecule has 6 nitrogen and oxygen atoms in total. The second kappa shape index (κ2) is 10.8. The second-order valence-corrected chi connectivity index (χ2v) is 8.84. The highest BCUT2D eigenvalue weighted by atomic mass is 19.1. The fourth-order valence-electron chi connectivity index (χ4n) is 3.97. The van der Waals surface area contributed by atoms with Crippen molar-refractivity contribution in [3.8, 4) is 16.9 Å². The number of ether oxygens (including phenoxy) is 1. The number of hydrogen-bond donors (Lipinski definition) is 1. The van der Waals surface area contributed by atoms with Gasteiger partial charge in [0.25, 0.3) is 5.56 Å². The zero-order chi connectivity index (χ0) is 25.0. The Morgan fingerprint density at radius 1 is 1.00 bits per heavy atom. The fourth-order valence-corrected chi connectivity index (χ4v) is 3.97. The molecule has 3 rings (SSSR count). The van der Waals surface area contributed by atoms with Crippen molar-refractivity contribution in [1.29, 1.82) is 0 Å². The third kappa shape index (κ3) is 5.28. The summed E-state index contributed by atoms with van der Waals surface area (Å²) in [4.78, 5) is 27.1. The Kier molecular flexibility index (Phi) is 8.04. The van der Waals surface area contributed by atoms with Gasteiger partial charge in [-0.05, 0) is 56.1 Å². The van der Waals surface area contributed by atoms with E-state index in [0.717, 1.165) is 23.2 Å². The lowest BCUT2D eigenvalue weighted by atomic mass is 10.0. The highest BCUT2D eigenvalue weighted by Gasteiger charge is 2.23. The molecule has 182 valence electrons. The molecule has 1 N–H and O–H groups in total. The van der Waals surface area contributed by atoms with Crippen LogP contribution in [0.1, 0.15) is 38.1 Å². The molecule has 1 heterocycles. The SMILES string of the molecule is COc1cccc(-c2c(C)n(Cc3c(F)cccc3F)c(=O)n([C@H](C)CNCC(C)C)c2=O)c1. The average Bonchev–Trinajstić information content (AvgIpc) is 2.78.